The normalized spacial score (nSPS) is 14.1. The molecule has 4 aromatic heterocycles. The molecule has 10 nitrogen and oxygen atoms in total. The van der Waals surface area contributed by atoms with Gasteiger partial charge in [0.05, 0.1) is 29.0 Å². The van der Waals surface area contributed by atoms with Crippen LogP contribution in [0.5, 0.6) is 0 Å². The van der Waals surface area contributed by atoms with Crippen molar-refractivity contribution >= 4 is 39.3 Å². The molecule has 6 aromatic rings. The van der Waals surface area contributed by atoms with E-state index in [-0.39, 0.29) is 5.91 Å². The van der Waals surface area contributed by atoms with Gasteiger partial charge in [0.15, 0.2) is 11.5 Å². The molecule has 210 valence electrons. The molecule has 7 rings (SSSR count). The lowest BCUT2D eigenvalue weighted by Crippen LogP contribution is -2.44. The van der Waals surface area contributed by atoms with Crippen molar-refractivity contribution in [3.05, 3.63) is 84.3 Å². The number of carbonyl (C=O) groups excluding carboxylic acids is 1. The molecule has 0 spiro atoms. The number of pyridine rings is 2. The second-order valence-corrected chi connectivity index (χ2v) is 10.7. The van der Waals surface area contributed by atoms with Gasteiger partial charge in [-0.2, -0.15) is 5.10 Å². The summed E-state index contributed by atoms with van der Waals surface area (Å²) in [6, 6.07) is 17.4. The molecule has 0 aliphatic carbocycles. The Balaban J connectivity index is 1.24. The number of benzene rings is 2. The predicted molar refractivity (Wildman–Crippen MR) is 166 cm³/mol. The van der Waals surface area contributed by atoms with Crippen molar-refractivity contribution in [3.8, 4) is 22.6 Å². The summed E-state index contributed by atoms with van der Waals surface area (Å²) in [4.78, 5) is 35.1. The van der Waals surface area contributed by atoms with Crippen LogP contribution < -0.4 is 10.2 Å². The molecule has 42 heavy (non-hydrogen) atoms. The second-order valence-electron chi connectivity index (χ2n) is 10.7. The van der Waals surface area contributed by atoms with Crippen LogP contribution in [0.15, 0.2) is 73.2 Å². The molecule has 2 aromatic carbocycles. The number of rotatable bonds is 6. The van der Waals surface area contributed by atoms with Gasteiger partial charge < -0.3 is 20.1 Å². The van der Waals surface area contributed by atoms with E-state index in [1.165, 1.54) is 0 Å². The third-order valence-electron chi connectivity index (χ3n) is 7.89. The van der Waals surface area contributed by atoms with Gasteiger partial charge in [-0.25, -0.2) is 9.97 Å². The maximum absolute atomic E-state index is 12.9. The van der Waals surface area contributed by atoms with Crippen molar-refractivity contribution in [2.24, 2.45) is 0 Å². The highest BCUT2D eigenvalue weighted by molar-refractivity contribution is 6.04. The summed E-state index contributed by atoms with van der Waals surface area (Å²) in [5.41, 5.74) is 8.54. The van der Waals surface area contributed by atoms with Gasteiger partial charge in [-0.1, -0.05) is 31.2 Å². The maximum Gasteiger partial charge on any atom is 0.255 e. The molecular formula is C32H31N9O. The lowest BCUT2D eigenvalue weighted by Gasteiger charge is -2.33. The van der Waals surface area contributed by atoms with Gasteiger partial charge in [0.25, 0.3) is 5.91 Å². The van der Waals surface area contributed by atoms with E-state index in [0.717, 1.165) is 82.8 Å². The fourth-order valence-electron chi connectivity index (χ4n) is 5.48. The molecular weight excluding hydrogens is 526 g/mol. The standard InChI is InChI=1S/C32H31N9O/c1-3-20-13-22(15-24(14-20)35-32(42)21-7-5-4-6-8-21)23-16-25-28(38-39-30(25)34-17-23)31-36-26-18-33-19-27(29(26)37-31)41-11-9-40(2)10-12-41/h4-8,13-19H,3,9-12H2,1-2H3,(H,35,42)(H,36,37)(H,34,38,39). The first-order valence-electron chi connectivity index (χ1n) is 14.2. The van der Waals surface area contributed by atoms with Crippen LogP contribution in [0.25, 0.3) is 44.7 Å². The van der Waals surface area contributed by atoms with Gasteiger partial charge in [-0.3, -0.25) is 14.9 Å². The Morgan fingerprint density at radius 2 is 1.81 bits per heavy atom. The summed E-state index contributed by atoms with van der Waals surface area (Å²) < 4.78 is 0. The number of amides is 1. The van der Waals surface area contributed by atoms with Crippen LogP contribution in [-0.2, 0) is 6.42 Å². The van der Waals surface area contributed by atoms with Crippen LogP contribution >= 0.6 is 0 Å². The highest BCUT2D eigenvalue weighted by Crippen LogP contribution is 2.33. The zero-order chi connectivity index (χ0) is 28.6. The SMILES string of the molecule is CCc1cc(NC(=O)c2ccccc2)cc(-c2cnc3n[nH]c(-c4nc5c(N6CCN(C)CC6)cncc5[nH]4)c3c2)c1. The van der Waals surface area contributed by atoms with Crippen molar-refractivity contribution in [1.82, 2.24) is 35.0 Å². The lowest BCUT2D eigenvalue weighted by molar-refractivity contribution is 0.102. The first-order chi connectivity index (χ1) is 20.6. The van der Waals surface area contributed by atoms with Crippen LogP contribution in [0.4, 0.5) is 11.4 Å². The van der Waals surface area contributed by atoms with Crippen LogP contribution in [0.3, 0.4) is 0 Å². The number of piperazine rings is 1. The molecule has 0 unspecified atom stereocenters. The minimum absolute atomic E-state index is 0.143. The fraction of sp³-hybridized carbons (Fsp3) is 0.219. The van der Waals surface area contributed by atoms with E-state index < -0.39 is 0 Å². The Kier molecular flexibility index (Phi) is 6.59. The topological polar surface area (TPSA) is 119 Å². The summed E-state index contributed by atoms with van der Waals surface area (Å²) in [7, 11) is 2.15. The monoisotopic (exact) mass is 557 g/mol. The number of aromatic nitrogens is 6. The number of aromatic amines is 2. The van der Waals surface area contributed by atoms with Crippen molar-refractivity contribution in [3.63, 3.8) is 0 Å². The quantitative estimate of drug-likeness (QED) is 0.260. The summed E-state index contributed by atoms with van der Waals surface area (Å²) in [5, 5.41) is 11.5. The summed E-state index contributed by atoms with van der Waals surface area (Å²) in [6.45, 7) is 5.98. The summed E-state index contributed by atoms with van der Waals surface area (Å²) in [6.07, 6.45) is 6.36. The number of fused-ring (bicyclic) bond motifs is 2. The molecule has 3 N–H and O–H groups in total. The summed E-state index contributed by atoms with van der Waals surface area (Å²) in [5.74, 6) is 0.545. The van der Waals surface area contributed by atoms with Gasteiger partial charge >= 0.3 is 0 Å². The Morgan fingerprint density at radius 1 is 0.976 bits per heavy atom. The molecule has 1 fully saturated rings. The van der Waals surface area contributed by atoms with E-state index in [1.54, 1.807) is 12.1 Å². The zero-order valence-electron chi connectivity index (χ0n) is 23.6. The van der Waals surface area contributed by atoms with Crippen LogP contribution in [0.2, 0.25) is 0 Å². The molecule has 0 bridgehead atoms. The first-order valence-corrected chi connectivity index (χ1v) is 14.2. The van der Waals surface area contributed by atoms with Crippen molar-refractivity contribution in [1.29, 1.82) is 0 Å². The van der Waals surface area contributed by atoms with E-state index in [2.05, 4.69) is 66.4 Å². The number of anilines is 2. The van der Waals surface area contributed by atoms with Crippen molar-refractivity contribution in [2.75, 3.05) is 43.4 Å². The van der Waals surface area contributed by atoms with Crippen LogP contribution in [0.1, 0.15) is 22.8 Å². The highest BCUT2D eigenvalue weighted by Gasteiger charge is 2.21. The smallest absolute Gasteiger partial charge is 0.255 e. The molecule has 1 aliphatic heterocycles. The molecule has 0 radical (unpaired) electrons. The number of H-pyrrole nitrogens is 2. The number of aryl methyl sites for hydroxylation is 1. The van der Waals surface area contributed by atoms with Gasteiger partial charge in [0.2, 0.25) is 0 Å². The highest BCUT2D eigenvalue weighted by atomic mass is 16.1. The number of hydrogen-bond acceptors (Lipinski definition) is 7. The van der Waals surface area contributed by atoms with E-state index in [9.17, 15) is 4.79 Å². The predicted octanol–water partition coefficient (Wildman–Crippen LogP) is 5.13. The Bertz CT molecular complexity index is 1900. The molecule has 0 saturated carbocycles. The maximum atomic E-state index is 12.9. The number of nitrogens with zero attached hydrogens (tertiary/aromatic N) is 6. The molecule has 0 atom stereocenters. The van der Waals surface area contributed by atoms with Gasteiger partial charge in [0, 0.05) is 49.2 Å². The zero-order valence-corrected chi connectivity index (χ0v) is 23.6. The largest absolute Gasteiger partial charge is 0.366 e. The minimum atomic E-state index is -0.143. The number of carbonyl (C=O) groups is 1. The third-order valence-corrected chi connectivity index (χ3v) is 7.89. The van der Waals surface area contributed by atoms with E-state index in [1.807, 2.05) is 48.9 Å². The molecule has 10 heteroatoms. The van der Waals surface area contributed by atoms with Crippen LogP contribution in [0, 0.1) is 0 Å². The number of nitrogens with one attached hydrogen (secondary N) is 3. The molecule has 5 heterocycles. The fourth-order valence-corrected chi connectivity index (χ4v) is 5.48. The van der Waals surface area contributed by atoms with Crippen molar-refractivity contribution in [2.45, 2.75) is 13.3 Å². The first kappa shape index (κ1) is 25.8. The van der Waals surface area contributed by atoms with Gasteiger partial charge in [0.1, 0.15) is 11.2 Å². The number of hydrogen-bond donors (Lipinski definition) is 3. The van der Waals surface area contributed by atoms with E-state index in [0.29, 0.717) is 17.0 Å². The average molecular weight is 558 g/mol. The third kappa shape index (κ3) is 4.86. The van der Waals surface area contributed by atoms with Gasteiger partial charge in [-0.15, -0.1) is 0 Å². The number of imidazole rings is 1. The van der Waals surface area contributed by atoms with Crippen LogP contribution in [-0.4, -0.2) is 74.2 Å². The minimum Gasteiger partial charge on any atom is -0.366 e. The van der Waals surface area contributed by atoms with E-state index in [4.69, 9.17) is 4.98 Å². The van der Waals surface area contributed by atoms with Crippen molar-refractivity contribution < 1.29 is 4.79 Å². The number of likely N-dealkylation sites (N-methyl/N-ethyl adjacent to an activating group) is 1. The summed E-state index contributed by atoms with van der Waals surface area (Å²) >= 11 is 0. The van der Waals surface area contributed by atoms with Gasteiger partial charge in [-0.05, 0) is 54.9 Å². The molecule has 1 aliphatic rings. The van der Waals surface area contributed by atoms with E-state index >= 15 is 0 Å². The lowest BCUT2D eigenvalue weighted by atomic mass is 10.0. The average Bonchev–Trinajstić information content (AvgIpc) is 3.65. The second kappa shape index (κ2) is 10.7. The Hall–Kier alpha value is -5.09. The Morgan fingerprint density at radius 3 is 2.62 bits per heavy atom. The molecule has 1 saturated heterocycles. The molecule has 1 amide bonds. The Labute approximate surface area is 242 Å².